The third kappa shape index (κ3) is 2.37. The molecule has 2 aliphatic carbocycles. The summed E-state index contributed by atoms with van der Waals surface area (Å²) in [6.07, 6.45) is 5.42. The molecule has 2 nitrogen and oxygen atoms in total. The van der Waals surface area contributed by atoms with Crippen LogP contribution in [0.15, 0.2) is 18.2 Å². The van der Waals surface area contributed by atoms with Crippen LogP contribution in [0, 0.1) is 17.7 Å². The van der Waals surface area contributed by atoms with Crippen LogP contribution in [0.25, 0.3) is 0 Å². The predicted molar refractivity (Wildman–Crippen MR) is 69.0 cm³/mol. The van der Waals surface area contributed by atoms with Crippen molar-refractivity contribution in [1.82, 2.24) is 5.32 Å². The zero-order chi connectivity index (χ0) is 12.5. The van der Waals surface area contributed by atoms with Crippen LogP contribution in [0.4, 0.5) is 4.39 Å². The Kier molecular flexibility index (Phi) is 3.25. The van der Waals surface area contributed by atoms with Crippen molar-refractivity contribution in [2.24, 2.45) is 11.8 Å². The van der Waals surface area contributed by atoms with Crippen molar-refractivity contribution in [3.63, 3.8) is 0 Å². The molecule has 3 atom stereocenters. The Morgan fingerprint density at radius 1 is 1.28 bits per heavy atom. The van der Waals surface area contributed by atoms with Gasteiger partial charge in [0, 0.05) is 12.6 Å². The van der Waals surface area contributed by atoms with Crippen LogP contribution >= 0.6 is 0 Å². The monoisotopic (exact) mass is 249 g/mol. The lowest BCUT2D eigenvalue weighted by atomic mass is 9.98. The largest absolute Gasteiger partial charge is 0.490 e. The van der Waals surface area contributed by atoms with E-state index in [1.807, 2.05) is 13.1 Å². The highest BCUT2D eigenvalue weighted by Crippen LogP contribution is 2.46. The molecule has 2 aliphatic rings. The van der Waals surface area contributed by atoms with E-state index in [0.29, 0.717) is 24.3 Å². The maximum Gasteiger partial charge on any atom is 0.127 e. The summed E-state index contributed by atoms with van der Waals surface area (Å²) in [6.45, 7) is 0.671. The fourth-order valence-electron chi connectivity index (χ4n) is 3.50. The van der Waals surface area contributed by atoms with Crippen LogP contribution < -0.4 is 10.1 Å². The molecule has 0 aliphatic heterocycles. The molecule has 2 fully saturated rings. The summed E-state index contributed by atoms with van der Waals surface area (Å²) >= 11 is 0. The Morgan fingerprint density at radius 3 is 2.83 bits per heavy atom. The molecule has 0 radical (unpaired) electrons. The van der Waals surface area contributed by atoms with Crippen LogP contribution in [-0.2, 0) is 6.54 Å². The second kappa shape index (κ2) is 4.88. The third-order valence-electron chi connectivity index (χ3n) is 4.27. The van der Waals surface area contributed by atoms with Crippen molar-refractivity contribution >= 4 is 0 Å². The Balaban J connectivity index is 1.72. The minimum Gasteiger partial charge on any atom is -0.490 e. The van der Waals surface area contributed by atoms with Gasteiger partial charge in [0.15, 0.2) is 0 Å². The lowest BCUT2D eigenvalue weighted by molar-refractivity contribution is 0.138. The zero-order valence-corrected chi connectivity index (χ0v) is 10.8. The van der Waals surface area contributed by atoms with E-state index < -0.39 is 0 Å². The van der Waals surface area contributed by atoms with E-state index in [4.69, 9.17) is 4.74 Å². The van der Waals surface area contributed by atoms with Gasteiger partial charge in [0.25, 0.3) is 0 Å². The summed E-state index contributed by atoms with van der Waals surface area (Å²) in [6, 6.07) is 5.01. The number of hydrogen-bond donors (Lipinski definition) is 1. The van der Waals surface area contributed by atoms with Gasteiger partial charge in [-0.1, -0.05) is 0 Å². The van der Waals surface area contributed by atoms with E-state index in [0.717, 1.165) is 17.9 Å². The first-order chi connectivity index (χ1) is 8.74. The highest BCUT2D eigenvalue weighted by atomic mass is 19.1. The Bertz CT molecular complexity index is 435. The summed E-state index contributed by atoms with van der Waals surface area (Å²) < 4.78 is 19.5. The predicted octanol–water partition coefficient (Wildman–Crippen LogP) is 3.11. The Morgan fingerprint density at radius 2 is 2.17 bits per heavy atom. The van der Waals surface area contributed by atoms with Crippen molar-refractivity contribution in [3.05, 3.63) is 29.6 Å². The first kappa shape index (κ1) is 12.0. The van der Waals surface area contributed by atoms with Gasteiger partial charge in [-0.2, -0.15) is 0 Å². The summed E-state index contributed by atoms with van der Waals surface area (Å²) in [5.74, 6) is 2.04. The molecule has 3 unspecified atom stereocenters. The van der Waals surface area contributed by atoms with Crippen molar-refractivity contribution in [3.8, 4) is 5.75 Å². The molecule has 18 heavy (non-hydrogen) atoms. The van der Waals surface area contributed by atoms with E-state index in [1.54, 1.807) is 6.07 Å². The van der Waals surface area contributed by atoms with Gasteiger partial charge in [-0.3, -0.25) is 0 Å². The molecule has 0 heterocycles. The lowest BCUT2D eigenvalue weighted by Crippen LogP contribution is -2.23. The lowest BCUT2D eigenvalue weighted by Gasteiger charge is -2.23. The highest BCUT2D eigenvalue weighted by molar-refractivity contribution is 5.30. The maximum atomic E-state index is 13.5. The summed E-state index contributed by atoms with van der Waals surface area (Å²) in [5, 5.41) is 3.04. The van der Waals surface area contributed by atoms with Gasteiger partial charge in [-0.25, -0.2) is 4.39 Å². The molecule has 0 amide bonds. The van der Waals surface area contributed by atoms with Crippen molar-refractivity contribution < 1.29 is 9.13 Å². The Labute approximate surface area is 108 Å². The number of nitrogens with one attached hydrogen (secondary N) is 1. The molecular formula is C15H20FNO. The third-order valence-corrected chi connectivity index (χ3v) is 4.27. The van der Waals surface area contributed by atoms with E-state index in [9.17, 15) is 4.39 Å². The van der Waals surface area contributed by atoms with Gasteiger partial charge < -0.3 is 10.1 Å². The smallest absolute Gasteiger partial charge is 0.127 e. The molecule has 2 bridgehead atoms. The van der Waals surface area contributed by atoms with Gasteiger partial charge in [0.2, 0.25) is 0 Å². The molecular weight excluding hydrogens is 229 g/mol. The minimum absolute atomic E-state index is 0.207. The van der Waals surface area contributed by atoms with Gasteiger partial charge in [0.05, 0.1) is 0 Å². The van der Waals surface area contributed by atoms with Gasteiger partial charge >= 0.3 is 0 Å². The second-order valence-corrected chi connectivity index (χ2v) is 5.66. The SMILES string of the molecule is CNCc1cc(F)cc(OC2CC3CCC2C3)c1. The first-order valence-corrected chi connectivity index (χ1v) is 6.85. The van der Waals surface area contributed by atoms with Gasteiger partial charge in [-0.15, -0.1) is 0 Å². The summed E-state index contributed by atoms with van der Waals surface area (Å²) in [7, 11) is 1.86. The molecule has 1 N–H and O–H groups in total. The van der Waals surface area contributed by atoms with Gasteiger partial charge in [0.1, 0.15) is 17.7 Å². The number of benzene rings is 1. The number of fused-ring (bicyclic) bond motifs is 2. The molecule has 0 aromatic heterocycles. The van der Waals surface area contributed by atoms with Crippen LogP contribution in [0.5, 0.6) is 5.75 Å². The molecule has 0 saturated heterocycles. The maximum absolute atomic E-state index is 13.5. The standard InChI is InChI=1S/C15H20FNO/c1-17-9-11-5-13(16)8-14(6-11)18-15-7-10-2-3-12(15)4-10/h5-6,8,10,12,15,17H,2-4,7,9H2,1H3. The fraction of sp³-hybridized carbons (Fsp3) is 0.600. The number of halogens is 1. The fourth-order valence-corrected chi connectivity index (χ4v) is 3.50. The van der Waals surface area contributed by atoms with E-state index in [2.05, 4.69) is 5.32 Å². The molecule has 1 aromatic carbocycles. The topological polar surface area (TPSA) is 21.3 Å². The van der Waals surface area contributed by atoms with Crippen LogP contribution in [0.3, 0.4) is 0 Å². The molecule has 3 rings (SSSR count). The quantitative estimate of drug-likeness (QED) is 0.885. The number of rotatable bonds is 4. The first-order valence-electron chi connectivity index (χ1n) is 6.85. The minimum atomic E-state index is -0.207. The van der Waals surface area contributed by atoms with Crippen molar-refractivity contribution in [2.75, 3.05) is 7.05 Å². The normalized spacial score (nSPS) is 29.8. The van der Waals surface area contributed by atoms with Crippen LogP contribution in [0.2, 0.25) is 0 Å². The average Bonchev–Trinajstić information content (AvgIpc) is 2.90. The van der Waals surface area contributed by atoms with Gasteiger partial charge in [-0.05, 0) is 62.3 Å². The molecule has 2 saturated carbocycles. The van der Waals surface area contributed by atoms with Crippen molar-refractivity contribution in [1.29, 1.82) is 0 Å². The van der Waals surface area contributed by atoms with Crippen LogP contribution in [-0.4, -0.2) is 13.2 Å². The van der Waals surface area contributed by atoms with E-state index >= 15 is 0 Å². The molecule has 98 valence electrons. The average molecular weight is 249 g/mol. The molecule has 3 heteroatoms. The van der Waals surface area contributed by atoms with Crippen molar-refractivity contribution in [2.45, 2.75) is 38.3 Å². The molecule has 0 spiro atoms. The Hall–Kier alpha value is -1.09. The van der Waals surface area contributed by atoms with E-state index in [1.165, 1.54) is 25.3 Å². The summed E-state index contributed by atoms with van der Waals surface area (Å²) in [4.78, 5) is 0. The van der Waals surface area contributed by atoms with Crippen LogP contribution in [0.1, 0.15) is 31.2 Å². The second-order valence-electron chi connectivity index (χ2n) is 5.66. The highest BCUT2D eigenvalue weighted by Gasteiger charge is 2.40. The number of ether oxygens (including phenoxy) is 1. The zero-order valence-electron chi connectivity index (χ0n) is 10.8. The van der Waals surface area contributed by atoms with E-state index in [-0.39, 0.29) is 5.82 Å². The summed E-state index contributed by atoms with van der Waals surface area (Å²) in [5.41, 5.74) is 0.940. The molecule has 1 aromatic rings. The number of hydrogen-bond acceptors (Lipinski definition) is 2.